The molecule has 238 valence electrons. The quantitative estimate of drug-likeness (QED) is 0.130. The second-order valence-corrected chi connectivity index (χ2v) is 9.71. The standard InChI is InChI=1S/C20H34N8O8.C7H8/c21-6-2-1-4-12-19(35)28-11(5-3-7-23-20(22)36)17(33)24-10-15(30)27-13(8-16(31)32)18(34)25-9-14(29)26-12;1-7-5-3-2-4-6-7/h11-13H,1-10,21H2,(H,24,33)(H,25,34)(H,26,29)(H,27,30)(H,28,35)(H,31,32)(H3,22,23,36);2-6H,1H3. The third kappa shape index (κ3) is 16.3. The lowest BCUT2D eigenvalue weighted by Gasteiger charge is -2.23. The van der Waals surface area contributed by atoms with E-state index in [-0.39, 0.29) is 25.8 Å². The van der Waals surface area contributed by atoms with Crippen molar-refractivity contribution in [2.24, 2.45) is 11.5 Å². The first-order chi connectivity index (χ1) is 20.4. The molecule has 1 aliphatic rings. The van der Waals surface area contributed by atoms with Crippen LogP contribution in [-0.2, 0) is 28.8 Å². The molecule has 1 fully saturated rings. The molecule has 1 aromatic rings. The number of carbonyl (C=O) groups is 7. The Kier molecular flexibility index (Phi) is 17.0. The molecule has 2 rings (SSSR count). The molecule has 0 saturated carbocycles. The first-order valence-corrected chi connectivity index (χ1v) is 13.8. The minimum absolute atomic E-state index is 0.0601. The number of unbranched alkanes of at least 4 members (excludes halogenated alkanes) is 1. The van der Waals surface area contributed by atoms with Crippen molar-refractivity contribution in [3.05, 3.63) is 35.9 Å². The first-order valence-electron chi connectivity index (χ1n) is 13.8. The fraction of sp³-hybridized carbons (Fsp3) is 0.519. The molecule has 1 aromatic carbocycles. The normalized spacial score (nSPS) is 19.9. The van der Waals surface area contributed by atoms with Crippen LogP contribution in [-0.4, -0.2) is 90.9 Å². The van der Waals surface area contributed by atoms with Gasteiger partial charge in [0.1, 0.15) is 18.1 Å². The van der Waals surface area contributed by atoms with E-state index in [0.29, 0.717) is 19.4 Å². The van der Waals surface area contributed by atoms with Crippen LogP contribution in [0.2, 0.25) is 0 Å². The number of hydrogen-bond donors (Lipinski definition) is 9. The van der Waals surface area contributed by atoms with Crippen LogP contribution in [0.5, 0.6) is 0 Å². The van der Waals surface area contributed by atoms with E-state index in [1.807, 2.05) is 18.2 Å². The maximum atomic E-state index is 12.9. The van der Waals surface area contributed by atoms with Gasteiger partial charge < -0.3 is 48.5 Å². The lowest BCUT2D eigenvalue weighted by atomic mass is 10.1. The van der Waals surface area contributed by atoms with Crippen molar-refractivity contribution in [2.45, 2.75) is 63.6 Å². The second kappa shape index (κ2) is 20.2. The number of rotatable bonds is 10. The molecular formula is C27H42N8O8. The van der Waals surface area contributed by atoms with Gasteiger partial charge in [-0.1, -0.05) is 35.9 Å². The van der Waals surface area contributed by atoms with E-state index in [2.05, 4.69) is 51.0 Å². The summed E-state index contributed by atoms with van der Waals surface area (Å²) in [5, 5.41) is 23.2. The van der Waals surface area contributed by atoms with Crippen molar-refractivity contribution in [3.63, 3.8) is 0 Å². The largest absolute Gasteiger partial charge is 0.481 e. The average molecular weight is 607 g/mol. The third-order valence-corrected chi connectivity index (χ3v) is 6.02. The maximum Gasteiger partial charge on any atom is 0.312 e. The van der Waals surface area contributed by atoms with E-state index >= 15 is 0 Å². The number of carboxylic acids is 1. The van der Waals surface area contributed by atoms with Gasteiger partial charge >= 0.3 is 12.0 Å². The van der Waals surface area contributed by atoms with E-state index in [1.165, 1.54) is 5.56 Å². The zero-order valence-corrected chi connectivity index (χ0v) is 24.1. The fourth-order valence-corrected chi connectivity index (χ4v) is 3.81. The van der Waals surface area contributed by atoms with Crippen LogP contribution in [0.3, 0.4) is 0 Å². The predicted octanol–water partition coefficient (Wildman–Crippen LogP) is -2.27. The summed E-state index contributed by atoms with van der Waals surface area (Å²) < 4.78 is 0. The number of aryl methyl sites for hydroxylation is 1. The summed E-state index contributed by atoms with van der Waals surface area (Å²) in [6, 6.07) is 5.82. The van der Waals surface area contributed by atoms with Gasteiger partial charge in [-0.2, -0.15) is 0 Å². The molecule has 3 unspecified atom stereocenters. The van der Waals surface area contributed by atoms with Gasteiger partial charge in [0.2, 0.25) is 29.5 Å². The number of nitrogens with one attached hydrogen (secondary N) is 6. The van der Waals surface area contributed by atoms with E-state index in [4.69, 9.17) is 16.6 Å². The summed E-state index contributed by atoms with van der Waals surface area (Å²) in [5.41, 5.74) is 11.8. The van der Waals surface area contributed by atoms with Gasteiger partial charge in [-0.3, -0.25) is 28.8 Å². The predicted molar refractivity (Wildman–Crippen MR) is 155 cm³/mol. The van der Waals surface area contributed by atoms with Gasteiger partial charge in [0.25, 0.3) is 0 Å². The molecule has 0 radical (unpaired) electrons. The summed E-state index contributed by atoms with van der Waals surface area (Å²) in [6.45, 7) is 1.38. The average Bonchev–Trinajstić information content (AvgIpc) is 2.95. The Morgan fingerprint density at radius 2 is 1.35 bits per heavy atom. The van der Waals surface area contributed by atoms with Gasteiger partial charge in [-0.25, -0.2) is 4.79 Å². The van der Waals surface area contributed by atoms with E-state index < -0.39 is 79.2 Å². The smallest absolute Gasteiger partial charge is 0.312 e. The highest BCUT2D eigenvalue weighted by atomic mass is 16.4. The molecular weight excluding hydrogens is 564 g/mol. The van der Waals surface area contributed by atoms with Gasteiger partial charge in [-0.05, 0) is 45.6 Å². The molecule has 0 spiro atoms. The molecule has 16 heteroatoms. The number of carbonyl (C=O) groups excluding carboxylic acids is 6. The van der Waals surface area contributed by atoms with Crippen molar-refractivity contribution in [1.29, 1.82) is 0 Å². The number of hydrogen-bond acceptors (Lipinski definition) is 8. The molecule has 3 atom stereocenters. The Morgan fingerprint density at radius 1 is 0.814 bits per heavy atom. The van der Waals surface area contributed by atoms with Crippen molar-refractivity contribution in [1.82, 2.24) is 31.9 Å². The van der Waals surface area contributed by atoms with Crippen LogP contribution in [0, 0.1) is 6.92 Å². The summed E-state index contributed by atoms with van der Waals surface area (Å²) in [7, 11) is 0. The molecule has 0 aromatic heterocycles. The molecule has 0 bridgehead atoms. The summed E-state index contributed by atoms with van der Waals surface area (Å²) >= 11 is 0. The Balaban J connectivity index is 0.00000115. The number of carboxylic acid groups (broad SMARTS) is 1. The zero-order valence-electron chi connectivity index (χ0n) is 24.1. The van der Waals surface area contributed by atoms with Crippen molar-refractivity contribution >= 4 is 41.5 Å². The topological polar surface area (TPSA) is 264 Å². The van der Waals surface area contributed by atoms with E-state index in [0.717, 1.165) is 0 Å². The minimum atomic E-state index is -1.50. The molecule has 1 aliphatic heterocycles. The molecule has 7 amide bonds. The summed E-state index contributed by atoms with van der Waals surface area (Å²) in [4.78, 5) is 84.6. The Morgan fingerprint density at radius 3 is 1.86 bits per heavy atom. The van der Waals surface area contributed by atoms with Crippen LogP contribution < -0.4 is 43.4 Å². The van der Waals surface area contributed by atoms with Crippen LogP contribution >= 0.6 is 0 Å². The number of amides is 7. The van der Waals surface area contributed by atoms with Crippen LogP contribution in [0.25, 0.3) is 0 Å². The maximum absolute atomic E-state index is 12.9. The number of primary amides is 1. The summed E-state index contributed by atoms with van der Waals surface area (Å²) in [5.74, 6) is -5.30. The van der Waals surface area contributed by atoms with Crippen LogP contribution in [0.4, 0.5) is 4.79 Å². The molecule has 1 saturated heterocycles. The second-order valence-electron chi connectivity index (χ2n) is 9.71. The molecule has 1 heterocycles. The molecule has 11 N–H and O–H groups in total. The first kappa shape index (κ1) is 36.3. The van der Waals surface area contributed by atoms with Crippen molar-refractivity contribution < 1.29 is 38.7 Å². The third-order valence-electron chi connectivity index (χ3n) is 6.02. The van der Waals surface area contributed by atoms with Crippen molar-refractivity contribution in [3.8, 4) is 0 Å². The molecule has 0 aliphatic carbocycles. The van der Waals surface area contributed by atoms with Gasteiger partial charge in [0.05, 0.1) is 19.5 Å². The van der Waals surface area contributed by atoms with E-state index in [1.54, 1.807) is 0 Å². The monoisotopic (exact) mass is 606 g/mol. The number of benzene rings is 1. The highest BCUT2D eigenvalue weighted by molar-refractivity contribution is 5.97. The number of nitrogens with two attached hydrogens (primary N) is 2. The lowest BCUT2D eigenvalue weighted by Crippen LogP contribution is -2.55. The van der Waals surface area contributed by atoms with Crippen LogP contribution in [0.1, 0.15) is 44.1 Å². The van der Waals surface area contributed by atoms with Gasteiger partial charge in [0.15, 0.2) is 0 Å². The van der Waals surface area contributed by atoms with Crippen molar-refractivity contribution in [2.75, 3.05) is 26.2 Å². The highest BCUT2D eigenvalue weighted by Gasteiger charge is 2.29. The van der Waals surface area contributed by atoms with Crippen LogP contribution in [0.15, 0.2) is 30.3 Å². The molecule has 43 heavy (non-hydrogen) atoms. The zero-order chi connectivity index (χ0) is 32.2. The molecule has 16 nitrogen and oxygen atoms in total. The fourth-order valence-electron chi connectivity index (χ4n) is 3.81. The van der Waals surface area contributed by atoms with E-state index in [9.17, 15) is 33.6 Å². The van der Waals surface area contributed by atoms with Gasteiger partial charge in [0, 0.05) is 6.54 Å². The number of aliphatic carboxylic acids is 1. The Labute approximate surface area is 249 Å². The Hall–Kier alpha value is -4.73. The summed E-state index contributed by atoms with van der Waals surface area (Å²) in [6.07, 6.45) is 0.803. The SMILES string of the molecule is Cc1ccccc1.NCCCCC1NC(=O)CNC(=O)C(CC(=O)O)NC(=O)CNC(=O)C(CCCNC(N)=O)NC1=O. The van der Waals surface area contributed by atoms with Gasteiger partial charge in [-0.15, -0.1) is 0 Å². The minimum Gasteiger partial charge on any atom is -0.481 e. The Bertz CT molecular complexity index is 1100. The highest BCUT2D eigenvalue weighted by Crippen LogP contribution is 2.05. The number of urea groups is 1. The lowest BCUT2D eigenvalue weighted by molar-refractivity contribution is -0.140.